The summed E-state index contributed by atoms with van der Waals surface area (Å²) in [5.41, 5.74) is 3.12. The normalized spacial score (nSPS) is 11.6. The molecule has 0 saturated carbocycles. The van der Waals surface area contributed by atoms with Crippen LogP contribution in [0.25, 0.3) is 10.4 Å². The van der Waals surface area contributed by atoms with Crippen LogP contribution in [0.3, 0.4) is 0 Å². The van der Waals surface area contributed by atoms with Crippen molar-refractivity contribution in [3.8, 4) is 16.2 Å². The highest BCUT2D eigenvalue weighted by atomic mass is 35.5. The van der Waals surface area contributed by atoms with Gasteiger partial charge in [0.05, 0.1) is 4.90 Å². The minimum atomic E-state index is -3.80. The summed E-state index contributed by atoms with van der Waals surface area (Å²) in [6.07, 6.45) is 1.25. The van der Waals surface area contributed by atoms with E-state index in [1.165, 1.54) is 23.7 Å². The van der Waals surface area contributed by atoms with E-state index in [1.807, 2.05) is 19.1 Å². The first-order valence-corrected chi connectivity index (χ1v) is 13.0. The quantitative estimate of drug-likeness (QED) is 0.338. The molecule has 0 aliphatic heterocycles. The standard InChI is InChI=1S/C24H26ClN3O4S2/c1-15-12-17(6-11-20(15)34(30,31)27-14-28(4)5)13-32-21-16(2)22(33-23(21)24(29)26-3)18-7-9-19(25)10-8-18/h6-12,14H,13H2,1-5H3,(H,26,29). The highest BCUT2D eigenvalue weighted by molar-refractivity contribution is 7.90. The lowest BCUT2D eigenvalue weighted by molar-refractivity contribution is 0.0963. The molecule has 1 amide bonds. The number of ether oxygens (including phenoxy) is 1. The van der Waals surface area contributed by atoms with Gasteiger partial charge in [0.2, 0.25) is 0 Å². The molecule has 7 nitrogen and oxygen atoms in total. The summed E-state index contributed by atoms with van der Waals surface area (Å²) in [4.78, 5) is 15.6. The molecule has 0 aliphatic rings. The number of hydrogen-bond acceptors (Lipinski definition) is 5. The van der Waals surface area contributed by atoms with Crippen molar-refractivity contribution in [1.29, 1.82) is 0 Å². The van der Waals surface area contributed by atoms with Gasteiger partial charge in [-0.15, -0.1) is 15.7 Å². The first-order chi connectivity index (χ1) is 16.0. The summed E-state index contributed by atoms with van der Waals surface area (Å²) < 4.78 is 34.8. The Morgan fingerprint density at radius 3 is 2.44 bits per heavy atom. The van der Waals surface area contributed by atoms with E-state index in [0.717, 1.165) is 21.6 Å². The zero-order valence-corrected chi connectivity index (χ0v) is 21.9. The lowest BCUT2D eigenvalue weighted by atomic mass is 10.1. The maximum atomic E-state index is 12.5. The molecule has 0 atom stereocenters. The van der Waals surface area contributed by atoms with Gasteiger partial charge in [0, 0.05) is 36.6 Å². The maximum Gasteiger partial charge on any atom is 0.283 e. The van der Waals surface area contributed by atoms with Crippen molar-refractivity contribution in [2.45, 2.75) is 25.3 Å². The molecule has 0 saturated heterocycles. The number of rotatable bonds is 8. The van der Waals surface area contributed by atoms with Gasteiger partial charge in [-0.05, 0) is 48.7 Å². The smallest absolute Gasteiger partial charge is 0.283 e. The molecule has 3 aromatic rings. The van der Waals surface area contributed by atoms with E-state index in [9.17, 15) is 13.2 Å². The number of hydrogen-bond donors (Lipinski definition) is 1. The Hall–Kier alpha value is -2.88. The van der Waals surface area contributed by atoms with E-state index in [1.54, 1.807) is 57.2 Å². The second-order valence-electron chi connectivity index (χ2n) is 7.85. The number of amides is 1. The molecule has 0 radical (unpaired) electrons. The average molecular weight is 520 g/mol. The Morgan fingerprint density at radius 2 is 1.85 bits per heavy atom. The number of sulfonamides is 1. The van der Waals surface area contributed by atoms with Crippen molar-refractivity contribution in [3.63, 3.8) is 0 Å². The molecule has 10 heteroatoms. The number of thiophene rings is 1. The minimum absolute atomic E-state index is 0.136. The predicted octanol–water partition coefficient (Wildman–Crippen LogP) is 4.90. The Kier molecular flexibility index (Phi) is 8.01. The van der Waals surface area contributed by atoms with Gasteiger partial charge in [0.25, 0.3) is 15.9 Å². The monoisotopic (exact) mass is 519 g/mol. The second-order valence-corrected chi connectivity index (χ2v) is 10.9. The number of carbonyl (C=O) groups is 1. The highest BCUT2D eigenvalue weighted by Crippen LogP contribution is 2.42. The van der Waals surface area contributed by atoms with Crippen LogP contribution in [0.2, 0.25) is 5.02 Å². The number of carbonyl (C=O) groups excluding carboxylic acids is 1. The third-order valence-corrected chi connectivity index (χ3v) is 7.91. The van der Waals surface area contributed by atoms with Gasteiger partial charge in [-0.3, -0.25) is 4.79 Å². The molecule has 0 bridgehead atoms. The van der Waals surface area contributed by atoms with Crippen LogP contribution >= 0.6 is 22.9 Å². The van der Waals surface area contributed by atoms with Gasteiger partial charge >= 0.3 is 0 Å². The summed E-state index contributed by atoms with van der Waals surface area (Å²) in [5, 5.41) is 3.29. The molecule has 2 aromatic carbocycles. The second kappa shape index (κ2) is 10.6. The van der Waals surface area contributed by atoms with Crippen LogP contribution in [0.15, 0.2) is 51.8 Å². The van der Waals surface area contributed by atoms with Crippen molar-refractivity contribution < 1.29 is 17.9 Å². The first-order valence-electron chi connectivity index (χ1n) is 10.3. The van der Waals surface area contributed by atoms with Crippen molar-refractivity contribution >= 4 is 45.2 Å². The zero-order chi connectivity index (χ0) is 25.0. The van der Waals surface area contributed by atoms with Gasteiger partial charge in [-0.25, -0.2) is 0 Å². The minimum Gasteiger partial charge on any atom is -0.487 e. The van der Waals surface area contributed by atoms with Crippen LogP contribution in [0.4, 0.5) is 0 Å². The molecule has 34 heavy (non-hydrogen) atoms. The van der Waals surface area contributed by atoms with E-state index in [-0.39, 0.29) is 17.4 Å². The number of aryl methyl sites for hydroxylation is 1. The lowest BCUT2D eigenvalue weighted by Crippen LogP contribution is -2.17. The summed E-state index contributed by atoms with van der Waals surface area (Å²) in [7, 11) is 1.17. The highest BCUT2D eigenvalue weighted by Gasteiger charge is 2.23. The first kappa shape index (κ1) is 25.7. The lowest BCUT2D eigenvalue weighted by Gasteiger charge is -2.11. The molecule has 180 valence electrons. The molecule has 1 N–H and O–H groups in total. The molecule has 0 aliphatic carbocycles. The van der Waals surface area contributed by atoms with Gasteiger partial charge < -0.3 is 15.0 Å². The zero-order valence-electron chi connectivity index (χ0n) is 19.5. The molecule has 0 fully saturated rings. The predicted molar refractivity (Wildman–Crippen MR) is 138 cm³/mol. The fourth-order valence-electron chi connectivity index (χ4n) is 3.27. The third-order valence-electron chi connectivity index (χ3n) is 4.95. The summed E-state index contributed by atoms with van der Waals surface area (Å²) in [6, 6.07) is 12.4. The number of nitrogens with zero attached hydrogens (tertiary/aromatic N) is 2. The van der Waals surface area contributed by atoms with Crippen LogP contribution in [-0.2, 0) is 16.6 Å². The molecule has 3 rings (SSSR count). The number of benzene rings is 2. The Labute approximate surface area is 209 Å². The van der Waals surface area contributed by atoms with Crippen LogP contribution in [0, 0.1) is 13.8 Å². The molecular formula is C24H26ClN3O4S2. The maximum absolute atomic E-state index is 12.5. The largest absolute Gasteiger partial charge is 0.487 e. The van der Waals surface area contributed by atoms with Crippen LogP contribution in [0.5, 0.6) is 5.75 Å². The van der Waals surface area contributed by atoms with Crippen molar-refractivity contribution in [3.05, 3.63) is 69.1 Å². The molecular weight excluding hydrogens is 494 g/mol. The Morgan fingerprint density at radius 1 is 1.18 bits per heavy atom. The van der Waals surface area contributed by atoms with Gasteiger partial charge in [-0.2, -0.15) is 8.42 Å². The SMILES string of the molecule is CNC(=O)c1sc(-c2ccc(Cl)cc2)c(C)c1OCc1ccc(S(=O)(=O)N=CN(C)C)c(C)c1. The summed E-state index contributed by atoms with van der Waals surface area (Å²) in [5.74, 6) is 0.263. The molecule has 0 unspecified atom stereocenters. The van der Waals surface area contributed by atoms with E-state index < -0.39 is 10.0 Å². The average Bonchev–Trinajstić information content (AvgIpc) is 3.12. The summed E-state index contributed by atoms with van der Waals surface area (Å²) >= 11 is 7.37. The van der Waals surface area contributed by atoms with Crippen LogP contribution < -0.4 is 10.1 Å². The van der Waals surface area contributed by atoms with Crippen molar-refractivity contribution in [2.75, 3.05) is 21.1 Å². The molecule has 1 aromatic heterocycles. The fourth-order valence-corrected chi connectivity index (χ4v) is 5.73. The van der Waals surface area contributed by atoms with Gasteiger partial charge in [-0.1, -0.05) is 35.9 Å². The van der Waals surface area contributed by atoms with Crippen molar-refractivity contribution in [2.24, 2.45) is 4.40 Å². The van der Waals surface area contributed by atoms with Crippen molar-refractivity contribution in [1.82, 2.24) is 10.2 Å². The molecule has 1 heterocycles. The van der Waals surface area contributed by atoms with Crippen LogP contribution in [-0.4, -0.2) is 46.7 Å². The molecule has 0 spiro atoms. The van der Waals surface area contributed by atoms with Gasteiger partial charge in [0.15, 0.2) is 0 Å². The van der Waals surface area contributed by atoms with Gasteiger partial charge in [0.1, 0.15) is 23.6 Å². The topological polar surface area (TPSA) is 88.1 Å². The van der Waals surface area contributed by atoms with E-state index in [0.29, 0.717) is 21.2 Å². The van der Waals surface area contributed by atoms with E-state index in [4.69, 9.17) is 16.3 Å². The number of nitrogens with one attached hydrogen (secondary N) is 1. The Balaban J connectivity index is 1.89. The van der Waals surface area contributed by atoms with Crippen LogP contribution in [0.1, 0.15) is 26.4 Å². The van der Waals surface area contributed by atoms with E-state index >= 15 is 0 Å². The Bertz CT molecular complexity index is 1330. The summed E-state index contributed by atoms with van der Waals surface area (Å²) in [6.45, 7) is 3.79. The number of halogens is 1. The fraction of sp³-hybridized carbons (Fsp3) is 0.250. The third kappa shape index (κ3) is 5.78. The van der Waals surface area contributed by atoms with E-state index in [2.05, 4.69) is 9.71 Å².